The van der Waals surface area contributed by atoms with Gasteiger partial charge in [0.2, 0.25) is 0 Å². The molecule has 0 aliphatic carbocycles. The van der Waals surface area contributed by atoms with Crippen LogP contribution in [0.5, 0.6) is 5.75 Å². The SMILES string of the molecule is CCc1ccc(O)c(C=C(C#N)C#N)c1. The maximum atomic E-state index is 9.51. The number of hydrogen-bond acceptors (Lipinski definition) is 3. The van der Waals surface area contributed by atoms with Gasteiger partial charge < -0.3 is 5.11 Å². The minimum absolute atomic E-state index is 0.0152. The Labute approximate surface area is 88.5 Å². The number of benzene rings is 1. The Morgan fingerprint density at radius 2 is 2.07 bits per heavy atom. The third-order valence-corrected chi connectivity index (χ3v) is 2.04. The van der Waals surface area contributed by atoms with Crippen molar-refractivity contribution in [1.82, 2.24) is 0 Å². The highest BCUT2D eigenvalue weighted by atomic mass is 16.3. The summed E-state index contributed by atoms with van der Waals surface area (Å²) in [5.41, 5.74) is 1.54. The van der Waals surface area contributed by atoms with Crippen molar-refractivity contribution in [3.8, 4) is 17.9 Å². The van der Waals surface area contributed by atoms with Crippen LogP contribution in [0.3, 0.4) is 0 Å². The van der Waals surface area contributed by atoms with Crippen molar-refractivity contribution in [3.63, 3.8) is 0 Å². The topological polar surface area (TPSA) is 67.8 Å². The predicted octanol–water partition coefficient (Wildman–Crippen LogP) is 2.39. The predicted molar refractivity (Wildman–Crippen MR) is 56.7 cm³/mol. The van der Waals surface area contributed by atoms with Gasteiger partial charge in [0.25, 0.3) is 0 Å². The molecule has 0 unspecified atom stereocenters. The lowest BCUT2D eigenvalue weighted by Crippen LogP contribution is -1.83. The maximum Gasteiger partial charge on any atom is 0.130 e. The molecule has 0 radical (unpaired) electrons. The second-order valence-electron chi connectivity index (χ2n) is 3.03. The van der Waals surface area contributed by atoms with Gasteiger partial charge in [0.15, 0.2) is 0 Å². The summed E-state index contributed by atoms with van der Waals surface area (Å²) in [5, 5.41) is 26.7. The summed E-state index contributed by atoms with van der Waals surface area (Å²) in [5.74, 6) is 0.0789. The molecule has 0 saturated heterocycles. The summed E-state index contributed by atoms with van der Waals surface area (Å²) in [4.78, 5) is 0. The highest BCUT2D eigenvalue weighted by Gasteiger charge is 2.01. The maximum absolute atomic E-state index is 9.51. The van der Waals surface area contributed by atoms with Gasteiger partial charge in [-0.1, -0.05) is 13.0 Å². The van der Waals surface area contributed by atoms with Crippen LogP contribution in [0.25, 0.3) is 6.08 Å². The molecule has 3 heteroatoms. The standard InChI is InChI=1S/C12H10N2O/c1-2-9-3-4-12(15)11(5-9)6-10(7-13)8-14/h3-6,15H,2H2,1H3. The lowest BCUT2D eigenvalue weighted by molar-refractivity contribution is 0.474. The van der Waals surface area contributed by atoms with E-state index in [0.29, 0.717) is 5.56 Å². The number of nitriles is 2. The van der Waals surface area contributed by atoms with E-state index in [9.17, 15) is 5.11 Å². The molecule has 3 nitrogen and oxygen atoms in total. The number of phenolic OH excluding ortho intramolecular Hbond substituents is 1. The van der Waals surface area contributed by atoms with Crippen molar-refractivity contribution in [2.24, 2.45) is 0 Å². The first kappa shape index (κ1) is 10.8. The molecule has 1 aromatic rings. The summed E-state index contributed by atoms with van der Waals surface area (Å²) in [6.07, 6.45) is 2.23. The van der Waals surface area contributed by atoms with Crippen LogP contribution in [-0.4, -0.2) is 5.11 Å². The molecule has 1 rings (SSSR count). The average molecular weight is 198 g/mol. The van der Waals surface area contributed by atoms with E-state index in [1.165, 1.54) is 6.08 Å². The molecule has 15 heavy (non-hydrogen) atoms. The van der Waals surface area contributed by atoms with E-state index in [-0.39, 0.29) is 11.3 Å². The Morgan fingerprint density at radius 1 is 1.40 bits per heavy atom. The molecule has 0 aromatic heterocycles. The Balaban J connectivity index is 3.21. The number of phenols is 1. The van der Waals surface area contributed by atoms with Crippen LogP contribution in [-0.2, 0) is 6.42 Å². The first-order chi connectivity index (χ1) is 7.21. The zero-order valence-electron chi connectivity index (χ0n) is 8.36. The quantitative estimate of drug-likeness (QED) is 0.742. The summed E-state index contributed by atoms with van der Waals surface area (Å²) < 4.78 is 0. The zero-order valence-corrected chi connectivity index (χ0v) is 8.36. The third-order valence-electron chi connectivity index (χ3n) is 2.04. The molecule has 0 saturated carbocycles. The van der Waals surface area contributed by atoms with E-state index in [1.807, 2.05) is 13.0 Å². The monoisotopic (exact) mass is 198 g/mol. The Bertz CT molecular complexity index is 459. The molecule has 74 valence electrons. The molecule has 0 aliphatic rings. The highest BCUT2D eigenvalue weighted by molar-refractivity contribution is 5.66. The normalized spacial score (nSPS) is 8.73. The Kier molecular flexibility index (Phi) is 3.49. The van der Waals surface area contributed by atoms with Crippen molar-refractivity contribution in [3.05, 3.63) is 34.9 Å². The van der Waals surface area contributed by atoms with Crippen LogP contribution in [0.2, 0.25) is 0 Å². The number of aromatic hydroxyl groups is 1. The molecule has 0 bridgehead atoms. The van der Waals surface area contributed by atoms with Crippen molar-refractivity contribution in [1.29, 1.82) is 10.5 Å². The lowest BCUT2D eigenvalue weighted by Gasteiger charge is -2.01. The van der Waals surface area contributed by atoms with Gasteiger partial charge >= 0.3 is 0 Å². The van der Waals surface area contributed by atoms with E-state index < -0.39 is 0 Å². The fourth-order valence-corrected chi connectivity index (χ4v) is 1.18. The van der Waals surface area contributed by atoms with Crippen molar-refractivity contribution in [2.45, 2.75) is 13.3 Å². The van der Waals surface area contributed by atoms with Crippen LogP contribution >= 0.6 is 0 Å². The van der Waals surface area contributed by atoms with Crippen molar-refractivity contribution in [2.75, 3.05) is 0 Å². The first-order valence-corrected chi connectivity index (χ1v) is 4.55. The summed E-state index contributed by atoms with van der Waals surface area (Å²) >= 11 is 0. The van der Waals surface area contributed by atoms with Gasteiger partial charge in [-0.15, -0.1) is 0 Å². The van der Waals surface area contributed by atoms with Crippen LogP contribution in [0.4, 0.5) is 0 Å². The molecule has 1 aromatic carbocycles. The third kappa shape index (κ3) is 2.59. The first-order valence-electron chi connectivity index (χ1n) is 4.55. The fraction of sp³-hybridized carbons (Fsp3) is 0.167. The fourth-order valence-electron chi connectivity index (χ4n) is 1.18. The molecule has 0 spiro atoms. The Morgan fingerprint density at radius 3 is 2.60 bits per heavy atom. The highest BCUT2D eigenvalue weighted by Crippen LogP contribution is 2.21. The molecule has 1 N–H and O–H groups in total. The van der Waals surface area contributed by atoms with Crippen LogP contribution in [0.15, 0.2) is 23.8 Å². The Hall–Kier alpha value is -2.26. The number of allylic oxidation sites excluding steroid dienone is 1. The minimum atomic E-state index is -0.0152. The molecule has 0 fully saturated rings. The van der Waals surface area contributed by atoms with Gasteiger partial charge in [-0.05, 0) is 30.2 Å². The largest absolute Gasteiger partial charge is 0.507 e. The van der Waals surface area contributed by atoms with Gasteiger partial charge in [-0.25, -0.2) is 0 Å². The molecular weight excluding hydrogens is 188 g/mol. The second-order valence-corrected chi connectivity index (χ2v) is 3.03. The van der Waals surface area contributed by atoms with Gasteiger partial charge in [0.05, 0.1) is 0 Å². The van der Waals surface area contributed by atoms with Gasteiger partial charge in [0.1, 0.15) is 23.5 Å². The van der Waals surface area contributed by atoms with E-state index in [1.54, 1.807) is 24.3 Å². The van der Waals surface area contributed by atoms with E-state index in [4.69, 9.17) is 10.5 Å². The van der Waals surface area contributed by atoms with E-state index >= 15 is 0 Å². The van der Waals surface area contributed by atoms with Crippen molar-refractivity contribution >= 4 is 6.08 Å². The van der Waals surface area contributed by atoms with Crippen LogP contribution < -0.4 is 0 Å². The lowest BCUT2D eigenvalue weighted by atomic mass is 10.1. The summed E-state index contributed by atoms with van der Waals surface area (Å²) in [6, 6.07) is 8.65. The van der Waals surface area contributed by atoms with Gasteiger partial charge in [-0.3, -0.25) is 0 Å². The summed E-state index contributed by atoms with van der Waals surface area (Å²) in [7, 11) is 0. The number of nitrogens with zero attached hydrogens (tertiary/aromatic N) is 2. The van der Waals surface area contributed by atoms with Crippen LogP contribution in [0, 0.1) is 22.7 Å². The molecular formula is C12H10N2O. The number of hydrogen-bond donors (Lipinski definition) is 1. The second kappa shape index (κ2) is 4.83. The zero-order chi connectivity index (χ0) is 11.3. The van der Waals surface area contributed by atoms with Gasteiger partial charge in [0, 0.05) is 5.56 Å². The molecule has 0 amide bonds. The van der Waals surface area contributed by atoms with Crippen LogP contribution in [0.1, 0.15) is 18.1 Å². The average Bonchev–Trinajstić information content (AvgIpc) is 2.28. The molecule has 0 heterocycles. The summed E-state index contributed by atoms with van der Waals surface area (Å²) in [6.45, 7) is 2.00. The number of rotatable bonds is 2. The smallest absolute Gasteiger partial charge is 0.130 e. The van der Waals surface area contributed by atoms with E-state index in [0.717, 1.165) is 12.0 Å². The minimum Gasteiger partial charge on any atom is -0.507 e. The van der Waals surface area contributed by atoms with E-state index in [2.05, 4.69) is 0 Å². The van der Waals surface area contributed by atoms with Gasteiger partial charge in [-0.2, -0.15) is 10.5 Å². The number of aryl methyl sites for hydroxylation is 1. The van der Waals surface area contributed by atoms with Crippen molar-refractivity contribution < 1.29 is 5.11 Å². The molecule has 0 atom stereocenters. The molecule has 0 aliphatic heterocycles.